The van der Waals surface area contributed by atoms with E-state index in [-0.39, 0.29) is 0 Å². The number of aryl methyl sites for hydroxylation is 4. The molecule has 0 radical (unpaired) electrons. The van der Waals surface area contributed by atoms with Crippen LogP contribution in [-0.2, 0) is 6.42 Å². The Bertz CT molecular complexity index is 945. The van der Waals surface area contributed by atoms with Crippen LogP contribution in [0, 0.1) is 32.6 Å². The molecule has 0 spiro atoms. The maximum Gasteiger partial charge on any atom is -0.0125 e. The molecule has 0 bridgehead atoms. The van der Waals surface area contributed by atoms with Gasteiger partial charge in [-0.05, 0) is 84.4 Å². The molecule has 0 amide bonds. The molecule has 3 aromatic carbocycles. The van der Waals surface area contributed by atoms with Crippen LogP contribution >= 0.6 is 0 Å². The Morgan fingerprint density at radius 3 is 1.73 bits per heavy atom. The number of hydrogen-bond acceptors (Lipinski definition) is 0. The van der Waals surface area contributed by atoms with Gasteiger partial charge >= 0.3 is 0 Å². The fourth-order valence-electron chi connectivity index (χ4n) is 5.22. The summed E-state index contributed by atoms with van der Waals surface area (Å²) >= 11 is 0. The van der Waals surface area contributed by atoms with E-state index < -0.39 is 0 Å². The summed E-state index contributed by atoms with van der Waals surface area (Å²) in [7, 11) is 0. The molecule has 0 N–H and O–H groups in total. The topological polar surface area (TPSA) is 0 Å². The van der Waals surface area contributed by atoms with Gasteiger partial charge in [-0.3, -0.25) is 0 Å². The molecular weight excluding hydrogens is 360 g/mol. The first-order valence-corrected chi connectivity index (χ1v) is 11.8. The van der Waals surface area contributed by atoms with E-state index in [4.69, 9.17) is 0 Å². The molecule has 0 atom stereocenters. The van der Waals surface area contributed by atoms with E-state index in [2.05, 4.69) is 88.4 Å². The van der Waals surface area contributed by atoms with Gasteiger partial charge in [0.15, 0.2) is 0 Å². The van der Waals surface area contributed by atoms with Gasteiger partial charge in [-0.25, -0.2) is 0 Å². The van der Waals surface area contributed by atoms with Crippen molar-refractivity contribution in [3.63, 3.8) is 0 Å². The van der Waals surface area contributed by atoms with Crippen molar-refractivity contribution in [3.05, 3.63) is 82.9 Å². The Morgan fingerprint density at radius 2 is 1.17 bits per heavy atom. The Hall–Kier alpha value is -2.34. The van der Waals surface area contributed by atoms with Gasteiger partial charge in [0, 0.05) is 0 Å². The van der Waals surface area contributed by atoms with Crippen LogP contribution in [0.2, 0.25) is 0 Å². The molecule has 4 rings (SSSR count). The van der Waals surface area contributed by atoms with Crippen LogP contribution in [0.5, 0.6) is 0 Å². The summed E-state index contributed by atoms with van der Waals surface area (Å²) in [6.45, 7) is 9.11. The zero-order chi connectivity index (χ0) is 21.1. The molecule has 1 fully saturated rings. The van der Waals surface area contributed by atoms with E-state index in [0.29, 0.717) is 0 Å². The van der Waals surface area contributed by atoms with E-state index in [0.717, 1.165) is 11.8 Å². The normalized spacial score (nSPS) is 19.1. The van der Waals surface area contributed by atoms with Crippen LogP contribution < -0.4 is 0 Å². The van der Waals surface area contributed by atoms with Gasteiger partial charge in [0.05, 0.1) is 0 Å². The van der Waals surface area contributed by atoms with Crippen molar-refractivity contribution < 1.29 is 0 Å². The molecule has 1 aliphatic rings. The highest BCUT2D eigenvalue weighted by molar-refractivity contribution is 5.74. The third-order valence-electron chi connectivity index (χ3n) is 7.13. The van der Waals surface area contributed by atoms with Crippen LogP contribution in [0.25, 0.3) is 22.3 Å². The van der Waals surface area contributed by atoms with E-state index in [1.807, 2.05) is 0 Å². The van der Waals surface area contributed by atoms with E-state index in [1.54, 1.807) is 0 Å². The minimum absolute atomic E-state index is 0.941. The smallest absolute Gasteiger partial charge is 0.0125 e. The van der Waals surface area contributed by atoms with Crippen molar-refractivity contribution in [3.8, 4) is 22.3 Å². The molecule has 0 unspecified atom stereocenters. The molecule has 0 heterocycles. The summed E-state index contributed by atoms with van der Waals surface area (Å²) in [4.78, 5) is 0. The van der Waals surface area contributed by atoms with Crippen molar-refractivity contribution in [1.82, 2.24) is 0 Å². The predicted octanol–water partition coefficient (Wildman–Crippen LogP) is 8.70. The standard InChI is InChI=1S/C30H36/c1-21-5-9-25(10-6-21)11-12-26-19-23(3)30(24(4)20-26)29-17-15-28(16-18-29)27-13-7-22(2)8-14-27/h7-8,13-21,25H,5-6,9-12H2,1-4H3. The number of hydrogen-bond donors (Lipinski definition) is 0. The van der Waals surface area contributed by atoms with Crippen LogP contribution in [0.3, 0.4) is 0 Å². The molecule has 30 heavy (non-hydrogen) atoms. The minimum atomic E-state index is 0.941. The summed E-state index contributed by atoms with van der Waals surface area (Å²) in [5, 5.41) is 0. The average molecular weight is 397 g/mol. The van der Waals surface area contributed by atoms with Crippen molar-refractivity contribution in [2.45, 2.75) is 66.2 Å². The largest absolute Gasteiger partial charge is 0.0625 e. The lowest BCUT2D eigenvalue weighted by Gasteiger charge is -2.26. The van der Waals surface area contributed by atoms with Gasteiger partial charge in [-0.15, -0.1) is 0 Å². The second kappa shape index (κ2) is 9.21. The van der Waals surface area contributed by atoms with Gasteiger partial charge in [-0.1, -0.05) is 98.8 Å². The van der Waals surface area contributed by atoms with Gasteiger partial charge in [0.25, 0.3) is 0 Å². The van der Waals surface area contributed by atoms with Crippen LogP contribution in [0.1, 0.15) is 61.3 Å². The predicted molar refractivity (Wildman–Crippen MR) is 131 cm³/mol. The molecule has 156 valence electrons. The Kier molecular flexibility index (Phi) is 6.42. The number of benzene rings is 3. The van der Waals surface area contributed by atoms with Crippen molar-refractivity contribution in [1.29, 1.82) is 0 Å². The fraction of sp³-hybridized carbons (Fsp3) is 0.400. The molecule has 0 nitrogen and oxygen atoms in total. The zero-order valence-corrected chi connectivity index (χ0v) is 19.2. The average Bonchev–Trinajstić information content (AvgIpc) is 2.74. The molecule has 3 aromatic rings. The Morgan fingerprint density at radius 1 is 0.667 bits per heavy atom. The van der Waals surface area contributed by atoms with Gasteiger partial charge in [-0.2, -0.15) is 0 Å². The molecular formula is C30H36. The monoisotopic (exact) mass is 396 g/mol. The van der Waals surface area contributed by atoms with E-state index >= 15 is 0 Å². The van der Waals surface area contributed by atoms with Crippen LogP contribution in [-0.4, -0.2) is 0 Å². The van der Waals surface area contributed by atoms with Crippen LogP contribution in [0.15, 0.2) is 60.7 Å². The zero-order valence-electron chi connectivity index (χ0n) is 19.2. The van der Waals surface area contributed by atoms with Gasteiger partial charge < -0.3 is 0 Å². The first kappa shape index (κ1) is 20.9. The quantitative estimate of drug-likeness (QED) is 0.404. The second-order valence-electron chi connectivity index (χ2n) is 9.71. The highest BCUT2D eigenvalue weighted by Gasteiger charge is 2.18. The third-order valence-corrected chi connectivity index (χ3v) is 7.13. The summed E-state index contributed by atoms with van der Waals surface area (Å²) in [6, 6.07) is 22.7. The maximum atomic E-state index is 2.43. The van der Waals surface area contributed by atoms with Crippen molar-refractivity contribution in [2.24, 2.45) is 11.8 Å². The first-order chi connectivity index (χ1) is 14.5. The molecule has 0 aliphatic heterocycles. The molecule has 1 saturated carbocycles. The highest BCUT2D eigenvalue weighted by Crippen LogP contribution is 2.33. The summed E-state index contributed by atoms with van der Waals surface area (Å²) in [6.07, 6.45) is 8.32. The van der Waals surface area contributed by atoms with Gasteiger partial charge in [0.2, 0.25) is 0 Å². The lowest BCUT2D eigenvalue weighted by atomic mass is 9.80. The minimum Gasteiger partial charge on any atom is -0.0625 e. The molecule has 1 aliphatic carbocycles. The molecule has 0 saturated heterocycles. The van der Waals surface area contributed by atoms with Crippen molar-refractivity contribution >= 4 is 0 Å². The number of rotatable bonds is 5. The van der Waals surface area contributed by atoms with E-state index in [1.165, 1.54) is 83.0 Å². The Labute approximate surface area is 183 Å². The van der Waals surface area contributed by atoms with Crippen molar-refractivity contribution in [2.75, 3.05) is 0 Å². The lowest BCUT2D eigenvalue weighted by molar-refractivity contribution is 0.278. The SMILES string of the molecule is Cc1ccc(-c2ccc(-c3c(C)cc(CCC4CCC(C)CC4)cc3C)cc2)cc1. The molecule has 0 aromatic heterocycles. The highest BCUT2D eigenvalue weighted by atomic mass is 14.2. The summed E-state index contributed by atoms with van der Waals surface area (Å²) < 4.78 is 0. The lowest BCUT2D eigenvalue weighted by Crippen LogP contribution is -2.13. The Balaban J connectivity index is 1.48. The first-order valence-electron chi connectivity index (χ1n) is 11.8. The third kappa shape index (κ3) is 4.86. The fourth-order valence-corrected chi connectivity index (χ4v) is 5.22. The van der Waals surface area contributed by atoms with Crippen LogP contribution in [0.4, 0.5) is 0 Å². The second-order valence-corrected chi connectivity index (χ2v) is 9.71. The van der Waals surface area contributed by atoms with E-state index in [9.17, 15) is 0 Å². The summed E-state index contributed by atoms with van der Waals surface area (Å²) in [5.74, 6) is 1.89. The van der Waals surface area contributed by atoms with Gasteiger partial charge in [0.1, 0.15) is 0 Å². The molecule has 0 heteroatoms. The summed E-state index contributed by atoms with van der Waals surface area (Å²) in [5.41, 5.74) is 10.9. The maximum absolute atomic E-state index is 2.43.